The Morgan fingerprint density at radius 1 is 1.00 bits per heavy atom. The Balaban J connectivity index is 1.84. The van der Waals surface area contributed by atoms with Gasteiger partial charge in [-0.2, -0.15) is 0 Å². The number of methoxy groups -OCH3 is 1. The van der Waals surface area contributed by atoms with E-state index in [1.54, 1.807) is 13.2 Å². The Kier molecular flexibility index (Phi) is 4.58. The van der Waals surface area contributed by atoms with Crippen molar-refractivity contribution in [2.24, 2.45) is 0 Å². The third-order valence-electron chi connectivity index (χ3n) is 3.61. The molecule has 0 fully saturated rings. The van der Waals surface area contributed by atoms with E-state index >= 15 is 0 Å². The molecule has 23 heavy (non-hydrogen) atoms. The molecule has 0 unspecified atom stereocenters. The molecule has 0 saturated carbocycles. The van der Waals surface area contributed by atoms with Crippen LogP contribution in [0.1, 0.15) is 15.9 Å². The number of allylic oxidation sites excluding steroid dienone is 1. The Hall–Kier alpha value is -2.39. The first-order chi connectivity index (χ1) is 11.2. The van der Waals surface area contributed by atoms with E-state index in [0.29, 0.717) is 5.56 Å². The summed E-state index contributed by atoms with van der Waals surface area (Å²) in [6.45, 7) is 0. The standard InChI is InChI=1S/C20H15BrO2/c1-23-19-9-8-15-11-14(5-7-16(15)13-19)6-10-20(22)17-3-2-4-18(21)12-17/h2-13H,1H3. The quantitative estimate of drug-likeness (QED) is 0.449. The van der Waals surface area contributed by atoms with Gasteiger partial charge >= 0.3 is 0 Å². The molecule has 0 atom stereocenters. The highest BCUT2D eigenvalue weighted by atomic mass is 79.9. The highest BCUT2D eigenvalue weighted by Gasteiger charge is 2.02. The summed E-state index contributed by atoms with van der Waals surface area (Å²) in [6.07, 6.45) is 3.44. The third kappa shape index (κ3) is 3.69. The molecule has 3 aromatic carbocycles. The Morgan fingerprint density at radius 2 is 1.78 bits per heavy atom. The fourth-order valence-corrected chi connectivity index (χ4v) is 2.78. The number of rotatable bonds is 4. The molecular weight excluding hydrogens is 352 g/mol. The molecule has 2 nitrogen and oxygen atoms in total. The van der Waals surface area contributed by atoms with Crippen LogP contribution in [0.15, 0.2) is 71.2 Å². The van der Waals surface area contributed by atoms with Gasteiger partial charge in [-0.15, -0.1) is 0 Å². The van der Waals surface area contributed by atoms with E-state index in [9.17, 15) is 4.79 Å². The number of carbonyl (C=O) groups excluding carboxylic acids is 1. The van der Waals surface area contributed by atoms with E-state index in [-0.39, 0.29) is 5.78 Å². The fourth-order valence-electron chi connectivity index (χ4n) is 2.38. The van der Waals surface area contributed by atoms with E-state index < -0.39 is 0 Å². The SMILES string of the molecule is COc1ccc2cc(C=CC(=O)c3cccc(Br)c3)ccc2c1. The number of ether oxygens (including phenoxy) is 1. The van der Waals surface area contributed by atoms with E-state index in [1.165, 1.54) is 0 Å². The largest absolute Gasteiger partial charge is 0.497 e. The molecular formula is C20H15BrO2. The van der Waals surface area contributed by atoms with E-state index in [0.717, 1.165) is 26.6 Å². The van der Waals surface area contributed by atoms with Crippen molar-refractivity contribution < 1.29 is 9.53 Å². The van der Waals surface area contributed by atoms with Crippen LogP contribution in [0.3, 0.4) is 0 Å². The second-order valence-electron chi connectivity index (χ2n) is 5.18. The minimum absolute atomic E-state index is 0.0128. The van der Waals surface area contributed by atoms with Gasteiger partial charge in [-0.1, -0.05) is 52.3 Å². The van der Waals surface area contributed by atoms with Crippen molar-refractivity contribution in [1.82, 2.24) is 0 Å². The maximum atomic E-state index is 12.2. The molecule has 0 N–H and O–H groups in total. The molecule has 0 spiro atoms. The Labute approximate surface area is 143 Å². The summed E-state index contributed by atoms with van der Waals surface area (Å²) in [6, 6.07) is 19.4. The van der Waals surface area contributed by atoms with Crippen LogP contribution in [0.4, 0.5) is 0 Å². The van der Waals surface area contributed by atoms with Crippen molar-refractivity contribution in [3.05, 3.63) is 82.3 Å². The predicted octanol–water partition coefficient (Wildman–Crippen LogP) is 5.51. The number of fused-ring (bicyclic) bond motifs is 1. The van der Waals surface area contributed by atoms with Crippen molar-refractivity contribution in [2.75, 3.05) is 7.11 Å². The van der Waals surface area contributed by atoms with Crippen LogP contribution in [0.2, 0.25) is 0 Å². The second-order valence-corrected chi connectivity index (χ2v) is 6.10. The first-order valence-corrected chi connectivity index (χ1v) is 8.01. The summed E-state index contributed by atoms with van der Waals surface area (Å²) < 4.78 is 6.13. The highest BCUT2D eigenvalue weighted by Crippen LogP contribution is 2.22. The first-order valence-electron chi connectivity index (χ1n) is 7.21. The highest BCUT2D eigenvalue weighted by molar-refractivity contribution is 9.10. The van der Waals surface area contributed by atoms with Gasteiger partial charge in [-0.3, -0.25) is 4.79 Å². The van der Waals surface area contributed by atoms with Crippen molar-refractivity contribution in [2.45, 2.75) is 0 Å². The maximum Gasteiger partial charge on any atom is 0.185 e. The molecule has 3 aromatic rings. The number of hydrogen-bond acceptors (Lipinski definition) is 2. The van der Waals surface area contributed by atoms with Gasteiger partial charge in [-0.05, 0) is 52.7 Å². The normalized spacial score (nSPS) is 11.0. The topological polar surface area (TPSA) is 26.3 Å². The molecule has 3 rings (SSSR count). The van der Waals surface area contributed by atoms with Gasteiger partial charge in [0.25, 0.3) is 0 Å². The summed E-state index contributed by atoms with van der Waals surface area (Å²) in [5.41, 5.74) is 1.66. The number of halogens is 1. The summed E-state index contributed by atoms with van der Waals surface area (Å²) in [4.78, 5) is 12.2. The van der Waals surface area contributed by atoms with E-state index in [2.05, 4.69) is 22.0 Å². The first kappa shape index (κ1) is 15.5. The number of benzene rings is 3. The maximum absolute atomic E-state index is 12.2. The zero-order chi connectivity index (χ0) is 16.2. The minimum Gasteiger partial charge on any atom is -0.497 e. The van der Waals surface area contributed by atoms with Crippen molar-refractivity contribution in [3.63, 3.8) is 0 Å². The van der Waals surface area contributed by atoms with Gasteiger partial charge in [0.1, 0.15) is 5.75 Å². The lowest BCUT2D eigenvalue weighted by Crippen LogP contribution is -1.93. The van der Waals surface area contributed by atoms with E-state index in [4.69, 9.17) is 4.74 Å². The van der Waals surface area contributed by atoms with Gasteiger partial charge in [0.15, 0.2) is 5.78 Å². The molecule has 0 amide bonds. The zero-order valence-corrected chi connectivity index (χ0v) is 14.2. The number of carbonyl (C=O) groups is 1. The van der Waals surface area contributed by atoms with Gasteiger partial charge in [0.2, 0.25) is 0 Å². The lowest BCUT2D eigenvalue weighted by atomic mass is 10.1. The lowest BCUT2D eigenvalue weighted by Gasteiger charge is -2.03. The minimum atomic E-state index is -0.0128. The van der Waals surface area contributed by atoms with E-state index in [1.807, 2.05) is 60.7 Å². The predicted molar refractivity (Wildman–Crippen MR) is 98.0 cm³/mol. The molecule has 0 aliphatic carbocycles. The number of hydrogen-bond donors (Lipinski definition) is 0. The Bertz CT molecular complexity index is 897. The van der Waals surface area contributed by atoms with Gasteiger partial charge in [-0.25, -0.2) is 0 Å². The summed E-state index contributed by atoms with van der Waals surface area (Å²) in [5, 5.41) is 2.22. The van der Waals surface area contributed by atoms with Gasteiger partial charge in [0.05, 0.1) is 7.11 Å². The van der Waals surface area contributed by atoms with Gasteiger partial charge < -0.3 is 4.74 Å². The molecule has 0 aliphatic heterocycles. The fraction of sp³-hybridized carbons (Fsp3) is 0.0500. The average Bonchev–Trinajstić information content (AvgIpc) is 2.59. The molecule has 0 bridgehead atoms. The van der Waals surface area contributed by atoms with Gasteiger partial charge in [0, 0.05) is 10.0 Å². The summed E-state index contributed by atoms with van der Waals surface area (Å²) >= 11 is 3.38. The molecule has 0 heterocycles. The summed E-state index contributed by atoms with van der Waals surface area (Å²) in [5.74, 6) is 0.826. The Morgan fingerprint density at radius 3 is 2.57 bits per heavy atom. The molecule has 0 radical (unpaired) electrons. The van der Waals surface area contributed by atoms with Crippen molar-refractivity contribution in [3.8, 4) is 5.75 Å². The second kappa shape index (κ2) is 6.80. The summed E-state index contributed by atoms with van der Waals surface area (Å²) in [7, 11) is 1.66. The molecule has 0 saturated heterocycles. The van der Waals surface area contributed by atoms with Crippen LogP contribution in [0.5, 0.6) is 5.75 Å². The van der Waals surface area contributed by atoms with Crippen LogP contribution in [0.25, 0.3) is 16.8 Å². The van der Waals surface area contributed by atoms with Crippen LogP contribution in [-0.2, 0) is 0 Å². The van der Waals surface area contributed by atoms with Crippen molar-refractivity contribution >= 4 is 38.6 Å². The molecule has 3 heteroatoms. The number of ketones is 1. The van der Waals surface area contributed by atoms with Crippen molar-refractivity contribution in [1.29, 1.82) is 0 Å². The molecule has 114 valence electrons. The third-order valence-corrected chi connectivity index (χ3v) is 4.10. The monoisotopic (exact) mass is 366 g/mol. The van der Waals surface area contributed by atoms with Crippen LogP contribution in [-0.4, -0.2) is 12.9 Å². The van der Waals surface area contributed by atoms with Crippen LogP contribution in [0, 0.1) is 0 Å². The van der Waals surface area contributed by atoms with Crippen LogP contribution >= 0.6 is 15.9 Å². The lowest BCUT2D eigenvalue weighted by molar-refractivity contribution is 0.104. The molecule has 0 aliphatic rings. The molecule has 0 aromatic heterocycles. The zero-order valence-electron chi connectivity index (χ0n) is 12.6. The van der Waals surface area contributed by atoms with Crippen LogP contribution < -0.4 is 4.74 Å². The average molecular weight is 367 g/mol. The smallest absolute Gasteiger partial charge is 0.185 e.